The lowest BCUT2D eigenvalue weighted by atomic mass is 10.1. The largest absolute Gasteiger partial charge is 0.494 e. The van der Waals surface area contributed by atoms with E-state index < -0.39 is 0 Å². The van der Waals surface area contributed by atoms with E-state index in [2.05, 4.69) is 17.4 Å². The average Bonchev–Trinajstić information content (AvgIpc) is 2.66. The molecule has 1 amide bonds. The number of ether oxygens (including phenoxy) is 2. The van der Waals surface area contributed by atoms with E-state index in [0.29, 0.717) is 18.9 Å². The molecule has 0 atom stereocenters. The number of benzene rings is 2. The molecule has 0 bridgehead atoms. The van der Waals surface area contributed by atoms with Gasteiger partial charge < -0.3 is 14.8 Å². The molecule has 0 aromatic heterocycles. The summed E-state index contributed by atoms with van der Waals surface area (Å²) in [6, 6.07) is 17.5. The van der Waals surface area contributed by atoms with E-state index in [9.17, 15) is 9.59 Å². The van der Waals surface area contributed by atoms with E-state index in [-0.39, 0.29) is 24.7 Å². The SMILES string of the molecule is CCOC(=O)CCC(=O)Nc1ccc(OCCCc2ccccc2)cc1. The molecular weight excluding hydrogens is 330 g/mol. The number of esters is 1. The maximum atomic E-state index is 11.8. The fraction of sp³-hybridized carbons (Fsp3) is 0.333. The summed E-state index contributed by atoms with van der Waals surface area (Å²) >= 11 is 0. The average molecular weight is 355 g/mol. The van der Waals surface area contributed by atoms with Crippen molar-refractivity contribution >= 4 is 17.6 Å². The fourth-order valence-corrected chi connectivity index (χ4v) is 2.42. The van der Waals surface area contributed by atoms with Crippen LogP contribution >= 0.6 is 0 Å². The van der Waals surface area contributed by atoms with Crippen molar-refractivity contribution in [1.82, 2.24) is 0 Å². The smallest absolute Gasteiger partial charge is 0.306 e. The van der Waals surface area contributed by atoms with Crippen molar-refractivity contribution in [3.63, 3.8) is 0 Å². The molecule has 0 aliphatic carbocycles. The Balaban J connectivity index is 1.67. The van der Waals surface area contributed by atoms with Gasteiger partial charge in [-0.1, -0.05) is 30.3 Å². The molecule has 0 spiro atoms. The molecule has 2 aromatic carbocycles. The van der Waals surface area contributed by atoms with Crippen LogP contribution < -0.4 is 10.1 Å². The molecule has 0 saturated carbocycles. The summed E-state index contributed by atoms with van der Waals surface area (Å²) in [6.45, 7) is 2.71. The van der Waals surface area contributed by atoms with Crippen LogP contribution in [-0.2, 0) is 20.7 Å². The molecule has 0 aliphatic heterocycles. The summed E-state index contributed by atoms with van der Waals surface area (Å²) in [7, 11) is 0. The summed E-state index contributed by atoms with van der Waals surface area (Å²) in [5.41, 5.74) is 1.98. The molecule has 0 radical (unpaired) electrons. The molecule has 0 aliphatic rings. The molecular formula is C21H25NO4. The topological polar surface area (TPSA) is 64.6 Å². The highest BCUT2D eigenvalue weighted by atomic mass is 16.5. The Morgan fingerprint density at radius 3 is 2.38 bits per heavy atom. The molecule has 1 N–H and O–H groups in total. The second kappa shape index (κ2) is 10.9. The Morgan fingerprint density at radius 2 is 1.69 bits per heavy atom. The zero-order chi connectivity index (χ0) is 18.6. The minimum Gasteiger partial charge on any atom is -0.494 e. The molecule has 5 heteroatoms. The number of rotatable bonds is 10. The van der Waals surface area contributed by atoms with Gasteiger partial charge in [0.05, 0.1) is 19.6 Å². The van der Waals surface area contributed by atoms with Gasteiger partial charge in [0.15, 0.2) is 0 Å². The number of aryl methyl sites for hydroxylation is 1. The van der Waals surface area contributed by atoms with Crippen molar-refractivity contribution in [2.24, 2.45) is 0 Å². The second-order valence-electron chi connectivity index (χ2n) is 5.82. The van der Waals surface area contributed by atoms with Gasteiger partial charge in [-0.05, 0) is 49.6 Å². The molecule has 138 valence electrons. The second-order valence-corrected chi connectivity index (χ2v) is 5.82. The maximum absolute atomic E-state index is 11.8. The van der Waals surface area contributed by atoms with Crippen molar-refractivity contribution < 1.29 is 19.1 Å². The van der Waals surface area contributed by atoms with Crippen LogP contribution in [0, 0.1) is 0 Å². The zero-order valence-corrected chi connectivity index (χ0v) is 15.1. The predicted octanol–water partition coefficient (Wildman–Crippen LogP) is 3.98. The van der Waals surface area contributed by atoms with Crippen molar-refractivity contribution in [2.45, 2.75) is 32.6 Å². The Labute approximate surface area is 154 Å². The number of carbonyl (C=O) groups excluding carboxylic acids is 2. The van der Waals surface area contributed by atoms with Crippen molar-refractivity contribution in [2.75, 3.05) is 18.5 Å². The molecule has 5 nitrogen and oxygen atoms in total. The van der Waals surface area contributed by atoms with Gasteiger partial charge in [0.1, 0.15) is 5.75 Å². The van der Waals surface area contributed by atoms with Crippen LogP contribution in [0.2, 0.25) is 0 Å². The number of hydrogen-bond acceptors (Lipinski definition) is 4. The Bertz CT molecular complexity index is 683. The predicted molar refractivity (Wildman–Crippen MR) is 101 cm³/mol. The highest BCUT2D eigenvalue weighted by Gasteiger charge is 2.08. The quantitative estimate of drug-likeness (QED) is 0.517. The van der Waals surface area contributed by atoms with Crippen LogP contribution in [0.4, 0.5) is 5.69 Å². The van der Waals surface area contributed by atoms with E-state index in [4.69, 9.17) is 9.47 Å². The number of carbonyl (C=O) groups is 2. The van der Waals surface area contributed by atoms with E-state index in [1.165, 1.54) is 5.56 Å². The van der Waals surface area contributed by atoms with Crippen LogP contribution in [0.5, 0.6) is 5.75 Å². The first-order chi connectivity index (χ1) is 12.7. The Morgan fingerprint density at radius 1 is 0.962 bits per heavy atom. The van der Waals surface area contributed by atoms with Gasteiger partial charge in [-0.3, -0.25) is 9.59 Å². The monoisotopic (exact) mass is 355 g/mol. The van der Waals surface area contributed by atoms with Crippen molar-refractivity contribution in [1.29, 1.82) is 0 Å². The molecule has 0 fully saturated rings. The van der Waals surface area contributed by atoms with Crippen molar-refractivity contribution in [3.8, 4) is 5.75 Å². The van der Waals surface area contributed by atoms with E-state index in [1.807, 2.05) is 30.3 Å². The lowest BCUT2D eigenvalue weighted by Gasteiger charge is -2.08. The van der Waals surface area contributed by atoms with Gasteiger partial charge in [-0.25, -0.2) is 0 Å². The third-order valence-electron chi connectivity index (χ3n) is 3.72. The minimum absolute atomic E-state index is 0.0856. The zero-order valence-electron chi connectivity index (χ0n) is 15.1. The highest BCUT2D eigenvalue weighted by molar-refractivity contribution is 5.92. The number of anilines is 1. The van der Waals surface area contributed by atoms with E-state index >= 15 is 0 Å². The minimum atomic E-state index is -0.359. The first-order valence-electron chi connectivity index (χ1n) is 8.89. The highest BCUT2D eigenvalue weighted by Crippen LogP contribution is 2.16. The van der Waals surface area contributed by atoms with Gasteiger partial charge >= 0.3 is 5.97 Å². The summed E-state index contributed by atoms with van der Waals surface area (Å²) in [4.78, 5) is 23.0. The van der Waals surface area contributed by atoms with Crippen LogP contribution in [0.3, 0.4) is 0 Å². The molecule has 2 rings (SSSR count). The van der Waals surface area contributed by atoms with Crippen molar-refractivity contribution in [3.05, 3.63) is 60.2 Å². The van der Waals surface area contributed by atoms with Crippen LogP contribution in [0.25, 0.3) is 0 Å². The normalized spacial score (nSPS) is 10.2. The van der Waals surface area contributed by atoms with Gasteiger partial charge in [-0.15, -0.1) is 0 Å². The number of amides is 1. The maximum Gasteiger partial charge on any atom is 0.306 e. The third-order valence-corrected chi connectivity index (χ3v) is 3.72. The lowest BCUT2D eigenvalue weighted by Crippen LogP contribution is -2.14. The standard InChI is InChI=1S/C21H25NO4/c1-2-25-21(24)15-14-20(23)22-18-10-12-19(13-11-18)26-16-6-9-17-7-4-3-5-8-17/h3-5,7-8,10-13H,2,6,9,14-16H2,1H3,(H,22,23). The van der Waals surface area contributed by atoms with E-state index in [0.717, 1.165) is 18.6 Å². The molecule has 2 aromatic rings. The van der Waals surface area contributed by atoms with Gasteiger partial charge in [-0.2, -0.15) is 0 Å². The van der Waals surface area contributed by atoms with Gasteiger partial charge in [0.2, 0.25) is 5.91 Å². The van der Waals surface area contributed by atoms with Gasteiger partial charge in [0, 0.05) is 12.1 Å². The third kappa shape index (κ3) is 7.38. The Hall–Kier alpha value is -2.82. The van der Waals surface area contributed by atoms with E-state index in [1.54, 1.807) is 19.1 Å². The Kier molecular flexibility index (Phi) is 8.19. The summed E-state index contributed by atoms with van der Waals surface area (Å²) in [5.74, 6) is 0.194. The molecule has 0 unspecified atom stereocenters. The van der Waals surface area contributed by atoms with Crippen LogP contribution in [0.1, 0.15) is 31.7 Å². The molecule has 26 heavy (non-hydrogen) atoms. The van der Waals surface area contributed by atoms with Gasteiger partial charge in [0.25, 0.3) is 0 Å². The summed E-state index contributed by atoms with van der Waals surface area (Å²) in [5, 5.41) is 2.75. The first kappa shape index (κ1) is 19.5. The van der Waals surface area contributed by atoms with Crippen LogP contribution in [-0.4, -0.2) is 25.1 Å². The summed E-state index contributed by atoms with van der Waals surface area (Å²) < 4.78 is 10.5. The lowest BCUT2D eigenvalue weighted by molar-refractivity contribution is -0.144. The molecule has 0 saturated heterocycles. The first-order valence-corrected chi connectivity index (χ1v) is 8.89. The number of hydrogen-bond donors (Lipinski definition) is 1. The number of nitrogens with one attached hydrogen (secondary N) is 1. The fourth-order valence-electron chi connectivity index (χ4n) is 2.42. The van der Waals surface area contributed by atoms with Crippen LogP contribution in [0.15, 0.2) is 54.6 Å². The summed E-state index contributed by atoms with van der Waals surface area (Å²) in [6.07, 6.45) is 2.12. The molecule has 0 heterocycles.